The number of aromatic hydroxyl groups is 3. The molecule has 0 spiro atoms. The van der Waals surface area contributed by atoms with E-state index in [0.717, 1.165) is 16.7 Å². The maximum Gasteiger partial charge on any atom is 0.258 e. The topological polar surface area (TPSA) is 106 Å². The van der Waals surface area contributed by atoms with Gasteiger partial charge in [0, 0.05) is 32.7 Å². The van der Waals surface area contributed by atoms with Gasteiger partial charge in [0.15, 0.2) is 0 Å². The maximum absolute atomic E-state index is 11.9. The number of benzene rings is 3. The third kappa shape index (κ3) is 9.75. The number of carbonyl (C=O) groups excluding carboxylic acids is 2. The highest BCUT2D eigenvalue weighted by Gasteiger charge is 2.21. The molecule has 0 aliphatic carbocycles. The lowest BCUT2D eigenvalue weighted by atomic mass is 9.98. The van der Waals surface area contributed by atoms with Gasteiger partial charge in [0.1, 0.15) is 17.2 Å². The molecule has 0 fully saturated rings. The van der Waals surface area contributed by atoms with Gasteiger partial charge in [0.2, 0.25) is 5.69 Å². The molecule has 0 atom stereocenters. The van der Waals surface area contributed by atoms with Crippen LogP contribution in [0.25, 0.3) is 4.85 Å². The van der Waals surface area contributed by atoms with E-state index in [9.17, 15) is 24.9 Å². The van der Waals surface area contributed by atoms with Crippen molar-refractivity contribution in [2.75, 3.05) is 28.2 Å². The summed E-state index contributed by atoms with van der Waals surface area (Å²) in [6.07, 6.45) is 0. The van der Waals surface area contributed by atoms with Gasteiger partial charge in [0.25, 0.3) is 11.8 Å². The van der Waals surface area contributed by atoms with Gasteiger partial charge >= 0.3 is 0 Å². The van der Waals surface area contributed by atoms with Crippen LogP contribution in [0.5, 0.6) is 17.2 Å². The van der Waals surface area contributed by atoms with Crippen molar-refractivity contribution < 1.29 is 24.9 Å². The Balaban J connectivity index is 0.000000326. The molecule has 0 unspecified atom stereocenters. The van der Waals surface area contributed by atoms with Crippen LogP contribution in [0, 0.1) is 6.57 Å². The average molecular weight is 655 g/mol. The molecule has 9 heteroatoms. The molecule has 3 rings (SSSR count). The molecule has 43 heavy (non-hydrogen) atoms. The largest absolute Gasteiger partial charge is 0.519 e. The van der Waals surface area contributed by atoms with Crippen molar-refractivity contribution in [1.82, 2.24) is 9.80 Å². The van der Waals surface area contributed by atoms with E-state index >= 15 is 0 Å². The number of para-hydroxylation sites is 2. The van der Waals surface area contributed by atoms with E-state index in [4.69, 9.17) is 6.57 Å². The summed E-state index contributed by atoms with van der Waals surface area (Å²) in [5.74, 6) is 0.576. The zero-order valence-electron chi connectivity index (χ0n) is 26.7. The summed E-state index contributed by atoms with van der Waals surface area (Å²) < 4.78 is 0.619. The second-order valence-corrected chi connectivity index (χ2v) is 12.1. The fourth-order valence-corrected chi connectivity index (χ4v) is 4.51. The number of hydrogen-bond donors (Lipinski definition) is 3. The minimum Gasteiger partial charge on any atom is -0.519 e. The van der Waals surface area contributed by atoms with Crippen LogP contribution in [0.2, 0.25) is 0 Å². The molecular weight excluding hydrogens is 610 g/mol. The monoisotopic (exact) mass is 653 g/mol. The number of phenols is 3. The predicted octanol–water partition coefficient (Wildman–Crippen LogP) is 8.26. The molecule has 3 aromatic rings. The van der Waals surface area contributed by atoms with Crippen molar-refractivity contribution in [2.24, 2.45) is 0 Å². The molecule has 3 N–H and O–H groups in total. The first kappa shape index (κ1) is 37.0. The van der Waals surface area contributed by atoms with Crippen LogP contribution in [-0.2, 0) is 0 Å². The lowest BCUT2D eigenvalue weighted by Gasteiger charge is -2.16. The lowest BCUT2D eigenvalue weighted by molar-refractivity contribution is 0.0816. The summed E-state index contributed by atoms with van der Waals surface area (Å²) in [5, 5.41) is 29.6. The summed E-state index contributed by atoms with van der Waals surface area (Å²) in [6.45, 7) is 18.7. The van der Waals surface area contributed by atoms with E-state index in [2.05, 4.69) is 20.8 Å². The summed E-state index contributed by atoms with van der Waals surface area (Å²) in [4.78, 5) is 29.7. The van der Waals surface area contributed by atoms with E-state index < -0.39 is 0 Å². The van der Waals surface area contributed by atoms with Crippen LogP contribution in [0.15, 0.2) is 53.0 Å². The van der Waals surface area contributed by atoms with Crippen molar-refractivity contribution in [2.45, 2.75) is 59.3 Å². The van der Waals surface area contributed by atoms with Crippen LogP contribution in [0.1, 0.15) is 96.7 Å². The Hall–Kier alpha value is -4.03. The third-order valence-electron chi connectivity index (χ3n) is 6.51. The number of nitrogens with zero attached hydrogens (tertiary/aromatic N) is 3. The molecule has 8 nitrogen and oxygen atoms in total. The first-order chi connectivity index (χ1) is 20.0. The van der Waals surface area contributed by atoms with Crippen LogP contribution < -0.4 is 0 Å². The SMILES string of the molecule is CC(C)c1ccc(Br)c(C(=O)N(C)C)c1O.CC(C)c1cccc(C(=O)N(C)C)c1O.[C-]#[N+]c1cccc(C(C)C)c1O. The Morgan fingerprint density at radius 1 is 0.674 bits per heavy atom. The summed E-state index contributed by atoms with van der Waals surface area (Å²) in [7, 11) is 6.67. The molecule has 232 valence electrons. The van der Waals surface area contributed by atoms with Gasteiger partial charge in [-0.1, -0.05) is 77.9 Å². The van der Waals surface area contributed by atoms with Crippen molar-refractivity contribution >= 4 is 33.4 Å². The fourth-order valence-electron chi connectivity index (χ4n) is 4.02. The predicted molar refractivity (Wildman–Crippen MR) is 177 cm³/mol. The van der Waals surface area contributed by atoms with Crippen LogP contribution >= 0.6 is 15.9 Å². The maximum atomic E-state index is 11.9. The Morgan fingerprint density at radius 2 is 1.12 bits per heavy atom. The second kappa shape index (κ2) is 16.6. The Labute approximate surface area is 264 Å². The lowest BCUT2D eigenvalue weighted by Crippen LogP contribution is -2.22. The summed E-state index contributed by atoms with van der Waals surface area (Å²) in [5.41, 5.74) is 3.46. The summed E-state index contributed by atoms with van der Waals surface area (Å²) >= 11 is 3.29. The highest BCUT2D eigenvalue weighted by Crippen LogP contribution is 2.35. The Kier molecular flexibility index (Phi) is 14.3. The highest BCUT2D eigenvalue weighted by atomic mass is 79.9. The van der Waals surface area contributed by atoms with E-state index in [1.807, 2.05) is 59.7 Å². The van der Waals surface area contributed by atoms with Gasteiger partial charge < -0.3 is 25.1 Å². The first-order valence-corrected chi connectivity index (χ1v) is 14.7. The zero-order chi connectivity index (χ0) is 33.2. The van der Waals surface area contributed by atoms with E-state index in [1.54, 1.807) is 58.5 Å². The first-order valence-electron chi connectivity index (χ1n) is 13.9. The minimum atomic E-state index is -0.202. The number of hydrogen-bond acceptors (Lipinski definition) is 5. The van der Waals surface area contributed by atoms with Crippen molar-refractivity contribution in [3.8, 4) is 17.2 Å². The molecule has 0 heterocycles. The summed E-state index contributed by atoms with van der Waals surface area (Å²) in [6, 6.07) is 14.2. The molecule has 0 aliphatic heterocycles. The number of carbonyl (C=O) groups is 2. The van der Waals surface area contributed by atoms with Gasteiger partial charge in [-0.2, -0.15) is 0 Å². The van der Waals surface area contributed by atoms with E-state index in [1.165, 1.54) is 9.80 Å². The fraction of sp³-hybridized carbons (Fsp3) is 0.382. The van der Waals surface area contributed by atoms with Crippen LogP contribution in [0.3, 0.4) is 0 Å². The molecule has 3 aromatic carbocycles. The Morgan fingerprint density at radius 3 is 1.56 bits per heavy atom. The van der Waals surface area contributed by atoms with Crippen LogP contribution in [-0.4, -0.2) is 65.1 Å². The van der Waals surface area contributed by atoms with E-state index in [-0.39, 0.29) is 46.8 Å². The quantitative estimate of drug-likeness (QED) is 0.240. The number of phenolic OH excluding ortho intramolecular Hbond substituents is 3. The Bertz CT molecular complexity index is 1460. The molecule has 0 aliphatic rings. The second-order valence-electron chi connectivity index (χ2n) is 11.3. The van der Waals surface area contributed by atoms with Crippen molar-refractivity contribution in [1.29, 1.82) is 0 Å². The number of halogens is 1. The molecule has 0 radical (unpaired) electrons. The molecule has 0 aromatic heterocycles. The average Bonchev–Trinajstić information content (AvgIpc) is 2.93. The normalized spacial score (nSPS) is 10.3. The molecule has 0 bridgehead atoms. The highest BCUT2D eigenvalue weighted by molar-refractivity contribution is 9.10. The molecule has 2 amide bonds. The van der Waals surface area contributed by atoms with Gasteiger partial charge in [-0.15, -0.1) is 0 Å². The molecule has 0 saturated carbocycles. The number of rotatable bonds is 5. The standard InChI is InChI=1S/C12H16BrNO2.C12H17NO2.C10H11NO/c1-7(2)8-5-6-9(13)10(11(8)15)12(16)14(3)4;1-8(2)9-6-5-7-10(11(9)14)12(15)13(3)4;1-7(2)8-5-4-6-9(11-3)10(8)12/h5-7,15H,1-4H3;5-8,14H,1-4H3;4-7,12H,1-2H3. The van der Waals surface area contributed by atoms with Gasteiger partial charge in [-0.05, 0) is 62.5 Å². The molecule has 0 saturated heterocycles. The van der Waals surface area contributed by atoms with Gasteiger partial charge in [-0.25, -0.2) is 4.85 Å². The third-order valence-corrected chi connectivity index (χ3v) is 7.18. The van der Waals surface area contributed by atoms with Crippen LogP contribution in [0.4, 0.5) is 5.69 Å². The van der Waals surface area contributed by atoms with Crippen molar-refractivity contribution in [3.63, 3.8) is 0 Å². The molecular formula is C34H44BrN3O5. The van der Waals surface area contributed by atoms with E-state index in [0.29, 0.717) is 21.3 Å². The zero-order valence-corrected chi connectivity index (χ0v) is 28.3. The number of amides is 2. The van der Waals surface area contributed by atoms with Gasteiger partial charge in [-0.3, -0.25) is 9.59 Å². The van der Waals surface area contributed by atoms with Crippen molar-refractivity contribution in [3.05, 3.63) is 92.2 Å². The van der Waals surface area contributed by atoms with Gasteiger partial charge in [0.05, 0.1) is 17.7 Å². The smallest absolute Gasteiger partial charge is 0.258 e. The minimum absolute atomic E-state index is 0.0723.